The zero-order valence-electron chi connectivity index (χ0n) is 11.0. The largest absolute Gasteiger partial charge is 0.497 e. The molecule has 0 aliphatic carbocycles. The van der Waals surface area contributed by atoms with Gasteiger partial charge < -0.3 is 4.74 Å². The molecule has 0 saturated heterocycles. The van der Waals surface area contributed by atoms with Gasteiger partial charge in [0.1, 0.15) is 5.75 Å². The predicted molar refractivity (Wildman–Crippen MR) is 80.1 cm³/mol. The lowest BCUT2D eigenvalue weighted by Gasteiger charge is -1.97. The van der Waals surface area contributed by atoms with E-state index >= 15 is 0 Å². The lowest BCUT2D eigenvalue weighted by atomic mass is 10.1. The van der Waals surface area contributed by atoms with Crippen molar-refractivity contribution < 1.29 is 4.74 Å². The van der Waals surface area contributed by atoms with Gasteiger partial charge in [-0.15, -0.1) is 11.3 Å². The lowest BCUT2D eigenvalue weighted by molar-refractivity contribution is 0.415. The number of ether oxygens (including phenoxy) is 1. The van der Waals surface area contributed by atoms with E-state index < -0.39 is 0 Å². The van der Waals surface area contributed by atoms with Crippen LogP contribution in [-0.4, -0.2) is 12.1 Å². The molecule has 0 saturated carbocycles. The molecule has 20 heavy (non-hydrogen) atoms. The highest BCUT2D eigenvalue weighted by molar-refractivity contribution is 7.18. The first-order chi connectivity index (χ1) is 9.78. The number of fused-ring (bicyclic) bond motifs is 1. The number of nitrogens with zero attached hydrogens (tertiary/aromatic N) is 2. The topological polar surface area (TPSA) is 45.9 Å². The van der Waals surface area contributed by atoms with E-state index in [0.29, 0.717) is 5.56 Å². The van der Waals surface area contributed by atoms with E-state index in [2.05, 4.69) is 11.1 Å². The molecule has 0 aliphatic rings. The van der Waals surface area contributed by atoms with E-state index in [1.165, 1.54) is 0 Å². The molecule has 0 bridgehead atoms. The molecule has 0 amide bonds. The first-order valence-electron chi connectivity index (χ1n) is 6.21. The van der Waals surface area contributed by atoms with Crippen LogP contribution in [0.15, 0.2) is 42.5 Å². The Morgan fingerprint density at radius 3 is 2.70 bits per heavy atom. The molecular weight excluding hydrogens is 268 g/mol. The molecule has 4 heteroatoms. The Morgan fingerprint density at radius 2 is 2.00 bits per heavy atom. The van der Waals surface area contributed by atoms with Crippen LogP contribution in [-0.2, 0) is 6.42 Å². The van der Waals surface area contributed by atoms with E-state index in [1.54, 1.807) is 18.4 Å². The maximum absolute atomic E-state index is 8.79. The molecule has 0 atom stereocenters. The number of nitriles is 1. The molecule has 3 nitrogen and oxygen atoms in total. The van der Waals surface area contributed by atoms with Crippen LogP contribution in [0.25, 0.3) is 10.2 Å². The maximum atomic E-state index is 8.79. The minimum absolute atomic E-state index is 0.683. The fraction of sp³-hybridized carbons (Fsp3) is 0.125. The molecule has 0 spiro atoms. The molecule has 0 aliphatic heterocycles. The highest BCUT2D eigenvalue weighted by atomic mass is 32.1. The van der Waals surface area contributed by atoms with Gasteiger partial charge in [0.15, 0.2) is 0 Å². The van der Waals surface area contributed by atoms with E-state index in [9.17, 15) is 0 Å². The molecular formula is C16H12N2OS. The first-order valence-corrected chi connectivity index (χ1v) is 7.02. The molecule has 0 radical (unpaired) electrons. The average molecular weight is 280 g/mol. The van der Waals surface area contributed by atoms with E-state index in [-0.39, 0.29) is 0 Å². The third kappa shape index (κ3) is 2.49. The fourth-order valence-electron chi connectivity index (χ4n) is 2.03. The summed E-state index contributed by atoms with van der Waals surface area (Å²) in [5.74, 6) is 0.827. The minimum atomic E-state index is 0.683. The van der Waals surface area contributed by atoms with Crippen molar-refractivity contribution in [2.24, 2.45) is 0 Å². The summed E-state index contributed by atoms with van der Waals surface area (Å²) in [4.78, 5) is 4.63. The van der Waals surface area contributed by atoms with Crippen LogP contribution < -0.4 is 4.74 Å². The van der Waals surface area contributed by atoms with E-state index in [1.807, 2.05) is 42.5 Å². The highest BCUT2D eigenvalue weighted by Crippen LogP contribution is 2.27. The SMILES string of the molecule is COc1ccc2sc(Cc3ccc(C#N)cc3)nc2c1. The van der Waals surface area contributed by atoms with Crippen LogP contribution in [0.3, 0.4) is 0 Å². The molecule has 3 rings (SSSR count). The molecule has 2 aromatic carbocycles. The van der Waals surface area contributed by atoms with Crippen LogP contribution >= 0.6 is 11.3 Å². The van der Waals surface area contributed by atoms with Gasteiger partial charge in [0.05, 0.1) is 34.0 Å². The summed E-state index contributed by atoms with van der Waals surface area (Å²) in [7, 11) is 1.66. The summed E-state index contributed by atoms with van der Waals surface area (Å²) in [5, 5.41) is 9.86. The molecule has 0 fully saturated rings. The summed E-state index contributed by atoms with van der Waals surface area (Å²) in [6.07, 6.45) is 0.785. The fourth-order valence-corrected chi connectivity index (χ4v) is 3.01. The predicted octanol–water partition coefficient (Wildman–Crippen LogP) is 3.77. The van der Waals surface area contributed by atoms with Gasteiger partial charge in [-0.25, -0.2) is 4.98 Å². The van der Waals surface area contributed by atoms with Crippen LogP contribution in [0.4, 0.5) is 0 Å². The van der Waals surface area contributed by atoms with Gasteiger partial charge in [-0.1, -0.05) is 12.1 Å². The molecule has 0 unspecified atom stereocenters. The maximum Gasteiger partial charge on any atom is 0.121 e. The zero-order chi connectivity index (χ0) is 13.9. The van der Waals surface area contributed by atoms with Gasteiger partial charge in [0.25, 0.3) is 0 Å². The van der Waals surface area contributed by atoms with Crippen molar-refractivity contribution in [3.8, 4) is 11.8 Å². The standard InChI is InChI=1S/C16H12N2OS/c1-19-13-6-7-15-14(9-13)18-16(20-15)8-11-2-4-12(10-17)5-3-11/h2-7,9H,8H2,1H3. The minimum Gasteiger partial charge on any atom is -0.497 e. The third-order valence-electron chi connectivity index (χ3n) is 3.08. The van der Waals surface area contributed by atoms with Crippen molar-refractivity contribution in [2.45, 2.75) is 6.42 Å². The summed E-state index contributed by atoms with van der Waals surface area (Å²) >= 11 is 1.69. The van der Waals surface area contributed by atoms with Crippen molar-refractivity contribution in [3.63, 3.8) is 0 Å². The number of thiazole rings is 1. The molecule has 0 N–H and O–H groups in total. The Balaban J connectivity index is 1.88. The summed E-state index contributed by atoms with van der Waals surface area (Å²) in [6, 6.07) is 15.7. The Kier molecular flexibility index (Phi) is 3.36. The number of rotatable bonds is 3. The summed E-state index contributed by atoms with van der Waals surface area (Å²) in [5.41, 5.74) is 2.82. The number of aromatic nitrogens is 1. The van der Waals surface area contributed by atoms with E-state index in [0.717, 1.165) is 33.0 Å². The van der Waals surface area contributed by atoms with Crippen molar-refractivity contribution in [1.29, 1.82) is 5.26 Å². The second kappa shape index (κ2) is 5.32. The number of methoxy groups -OCH3 is 1. The third-order valence-corrected chi connectivity index (χ3v) is 4.11. The zero-order valence-corrected chi connectivity index (χ0v) is 11.8. The molecule has 98 valence electrons. The smallest absolute Gasteiger partial charge is 0.121 e. The van der Waals surface area contributed by atoms with Crippen LogP contribution in [0.1, 0.15) is 16.1 Å². The van der Waals surface area contributed by atoms with Crippen LogP contribution in [0, 0.1) is 11.3 Å². The van der Waals surface area contributed by atoms with Crippen molar-refractivity contribution in [2.75, 3.05) is 7.11 Å². The number of benzene rings is 2. The Hall–Kier alpha value is -2.38. The quantitative estimate of drug-likeness (QED) is 0.733. The monoisotopic (exact) mass is 280 g/mol. The lowest BCUT2D eigenvalue weighted by Crippen LogP contribution is -1.87. The average Bonchev–Trinajstić information content (AvgIpc) is 2.89. The number of hydrogen-bond acceptors (Lipinski definition) is 4. The van der Waals surface area contributed by atoms with Crippen molar-refractivity contribution >= 4 is 21.6 Å². The first kappa shape index (κ1) is 12.6. The Labute approximate surface area is 121 Å². The van der Waals surface area contributed by atoms with Gasteiger partial charge in [-0.3, -0.25) is 0 Å². The molecule has 1 aromatic heterocycles. The summed E-state index contributed by atoms with van der Waals surface area (Å²) in [6.45, 7) is 0. The molecule has 1 heterocycles. The highest BCUT2D eigenvalue weighted by Gasteiger charge is 2.06. The second-order valence-electron chi connectivity index (χ2n) is 4.43. The van der Waals surface area contributed by atoms with Gasteiger partial charge in [0, 0.05) is 12.5 Å². The van der Waals surface area contributed by atoms with Crippen LogP contribution in [0.2, 0.25) is 0 Å². The Bertz CT molecular complexity index is 784. The van der Waals surface area contributed by atoms with Gasteiger partial charge in [-0.2, -0.15) is 5.26 Å². The van der Waals surface area contributed by atoms with Gasteiger partial charge >= 0.3 is 0 Å². The van der Waals surface area contributed by atoms with Crippen molar-refractivity contribution in [3.05, 3.63) is 58.6 Å². The number of hydrogen-bond donors (Lipinski definition) is 0. The normalized spacial score (nSPS) is 10.4. The van der Waals surface area contributed by atoms with Crippen molar-refractivity contribution in [1.82, 2.24) is 4.98 Å². The molecule has 3 aromatic rings. The van der Waals surface area contributed by atoms with Gasteiger partial charge in [0.2, 0.25) is 0 Å². The second-order valence-corrected chi connectivity index (χ2v) is 5.54. The summed E-state index contributed by atoms with van der Waals surface area (Å²) < 4.78 is 6.37. The van der Waals surface area contributed by atoms with E-state index in [4.69, 9.17) is 10.00 Å². The van der Waals surface area contributed by atoms with Gasteiger partial charge in [-0.05, 0) is 29.8 Å². The Morgan fingerprint density at radius 1 is 1.20 bits per heavy atom. The van der Waals surface area contributed by atoms with Crippen LogP contribution in [0.5, 0.6) is 5.75 Å².